The first kappa shape index (κ1) is 18.9. The van der Waals surface area contributed by atoms with E-state index in [0.29, 0.717) is 0 Å². The summed E-state index contributed by atoms with van der Waals surface area (Å²) >= 11 is 0. The van der Waals surface area contributed by atoms with E-state index in [-0.39, 0.29) is 12.6 Å². The van der Waals surface area contributed by atoms with E-state index in [1.807, 2.05) is 0 Å². The van der Waals surface area contributed by atoms with E-state index in [1.165, 1.54) is 77.0 Å². The van der Waals surface area contributed by atoms with Crippen LogP contribution in [0.3, 0.4) is 0 Å². The minimum atomic E-state index is -0.124. The van der Waals surface area contributed by atoms with Crippen molar-refractivity contribution in [2.75, 3.05) is 0 Å². The van der Waals surface area contributed by atoms with Crippen LogP contribution in [0.1, 0.15) is 104 Å². The van der Waals surface area contributed by atoms with Gasteiger partial charge in [-0.05, 0) is 12.8 Å². The van der Waals surface area contributed by atoms with Gasteiger partial charge in [-0.2, -0.15) is 0 Å². The number of rotatable bonds is 14. The lowest BCUT2D eigenvalue weighted by molar-refractivity contribution is -0.298. The van der Waals surface area contributed by atoms with Crippen LogP contribution in [0.15, 0.2) is 0 Å². The van der Waals surface area contributed by atoms with Gasteiger partial charge in [0.1, 0.15) is 0 Å². The van der Waals surface area contributed by atoms with Crippen molar-refractivity contribution in [2.45, 2.75) is 116 Å². The highest BCUT2D eigenvalue weighted by Crippen LogP contribution is 2.23. The van der Waals surface area contributed by atoms with Crippen molar-refractivity contribution >= 4 is 0 Å². The molecule has 0 N–H and O–H groups in total. The fraction of sp³-hybridized carbons (Fsp3) is 1.00. The van der Waals surface area contributed by atoms with E-state index in [0.717, 1.165) is 12.8 Å². The molecule has 2 atom stereocenters. The molecule has 1 rings (SSSR count). The van der Waals surface area contributed by atoms with Gasteiger partial charge in [0.15, 0.2) is 12.6 Å². The molecule has 0 bridgehead atoms. The zero-order chi connectivity index (χ0) is 15.2. The van der Waals surface area contributed by atoms with E-state index in [1.54, 1.807) is 0 Å². The Kier molecular flexibility index (Phi) is 12.2. The minimum absolute atomic E-state index is 0.124. The van der Waals surface area contributed by atoms with Crippen LogP contribution in [0.5, 0.6) is 0 Å². The molecule has 1 heterocycles. The van der Waals surface area contributed by atoms with Crippen LogP contribution in [0.2, 0.25) is 0 Å². The highest BCUT2D eigenvalue weighted by molar-refractivity contribution is 4.55. The summed E-state index contributed by atoms with van der Waals surface area (Å²) in [5.74, 6) is 0. The van der Waals surface area contributed by atoms with Crippen molar-refractivity contribution in [3.05, 3.63) is 0 Å². The summed E-state index contributed by atoms with van der Waals surface area (Å²) in [7, 11) is 0. The Morgan fingerprint density at radius 1 is 0.524 bits per heavy atom. The van der Waals surface area contributed by atoms with Crippen LogP contribution in [-0.2, 0) is 14.5 Å². The van der Waals surface area contributed by atoms with Crippen molar-refractivity contribution in [1.29, 1.82) is 0 Å². The molecule has 0 amide bonds. The Balaban J connectivity index is 1.88. The van der Waals surface area contributed by atoms with E-state index >= 15 is 0 Å². The molecule has 1 aliphatic heterocycles. The zero-order valence-electron chi connectivity index (χ0n) is 14.3. The molecule has 0 aromatic rings. The van der Waals surface area contributed by atoms with Crippen LogP contribution in [0.4, 0.5) is 0 Å². The van der Waals surface area contributed by atoms with E-state index in [9.17, 15) is 0 Å². The second-order valence-electron chi connectivity index (χ2n) is 6.30. The maximum atomic E-state index is 5.77. The smallest absolute Gasteiger partial charge is 0.194 e. The van der Waals surface area contributed by atoms with Crippen LogP contribution in [0.25, 0.3) is 0 Å². The quantitative estimate of drug-likeness (QED) is 0.286. The predicted molar refractivity (Wildman–Crippen MR) is 86.8 cm³/mol. The maximum Gasteiger partial charge on any atom is 0.194 e. The zero-order valence-corrected chi connectivity index (χ0v) is 14.3. The van der Waals surface area contributed by atoms with Crippen LogP contribution in [-0.4, -0.2) is 12.6 Å². The molecular weight excluding hydrogens is 264 g/mol. The van der Waals surface area contributed by atoms with Crippen molar-refractivity contribution in [1.82, 2.24) is 0 Å². The molecule has 0 aromatic heterocycles. The number of hydrogen-bond acceptors (Lipinski definition) is 3. The topological polar surface area (TPSA) is 27.7 Å². The largest absolute Gasteiger partial charge is 0.318 e. The van der Waals surface area contributed by atoms with Crippen LogP contribution in [0, 0.1) is 0 Å². The van der Waals surface area contributed by atoms with Gasteiger partial charge in [0, 0.05) is 12.8 Å². The SMILES string of the molecule is CCCCCCCC[C@H]1OO[C@H](CCCCCCCC)O1. The number of ether oxygens (including phenoxy) is 1. The Hall–Kier alpha value is -0.120. The lowest BCUT2D eigenvalue weighted by Crippen LogP contribution is -2.11. The maximum absolute atomic E-state index is 5.77. The summed E-state index contributed by atoms with van der Waals surface area (Å²) in [4.78, 5) is 10.5. The first-order valence-electron chi connectivity index (χ1n) is 9.34. The second-order valence-corrected chi connectivity index (χ2v) is 6.30. The van der Waals surface area contributed by atoms with Crippen LogP contribution < -0.4 is 0 Å². The molecule has 0 saturated carbocycles. The molecule has 0 radical (unpaired) electrons. The molecular formula is C18H36O3. The first-order chi connectivity index (χ1) is 10.4. The number of hydrogen-bond donors (Lipinski definition) is 0. The van der Waals surface area contributed by atoms with Crippen LogP contribution >= 0.6 is 0 Å². The average molecular weight is 300 g/mol. The van der Waals surface area contributed by atoms with E-state index in [2.05, 4.69) is 13.8 Å². The fourth-order valence-electron chi connectivity index (χ4n) is 2.75. The van der Waals surface area contributed by atoms with Gasteiger partial charge < -0.3 is 4.74 Å². The number of unbranched alkanes of at least 4 members (excludes halogenated alkanes) is 10. The summed E-state index contributed by atoms with van der Waals surface area (Å²) < 4.78 is 5.77. The van der Waals surface area contributed by atoms with Gasteiger partial charge in [-0.15, -0.1) is 0 Å². The average Bonchev–Trinajstić information content (AvgIpc) is 2.94. The lowest BCUT2D eigenvalue weighted by Gasteiger charge is -2.08. The van der Waals surface area contributed by atoms with Crippen molar-refractivity contribution in [3.63, 3.8) is 0 Å². The van der Waals surface area contributed by atoms with Gasteiger partial charge in [0.05, 0.1) is 0 Å². The molecule has 126 valence electrons. The normalized spacial score (nSPS) is 22.0. The molecule has 1 saturated heterocycles. The molecule has 1 aliphatic rings. The monoisotopic (exact) mass is 300 g/mol. The highest BCUT2D eigenvalue weighted by Gasteiger charge is 2.26. The Morgan fingerprint density at radius 3 is 1.33 bits per heavy atom. The second kappa shape index (κ2) is 13.5. The molecule has 0 spiro atoms. The van der Waals surface area contributed by atoms with E-state index < -0.39 is 0 Å². The predicted octanol–water partition coefficient (Wildman–Crippen LogP) is 6.12. The lowest BCUT2D eigenvalue weighted by atomic mass is 10.1. The summed E-state index contributed by atoms with van der Waals surface area (Å²) in [6.45, 7) is 4.50. The van der Waals surface area contributed by atoms with Crippen molar-refractivity contribution < 1.29 is 14.5 Å². The first-order valence-corrected chi connectivity index (χ1v) is 9.34. The molecule has 0 aliphatic carbocycles. The summed E-state index contributed by atoms with van der Waals surface area (Å²) in [6.07, 6.45) is 17.4. The minimum Gasteiger partial charge on any atom is -0.318 e. The van der Waals surface area contributed by atoms with Gasteiger partial charge in [0.2, 0.25) is 0 Å². The van der Waals surface area contributed by atoms with Gasteiger partial charge in [-0.3, -0.25) is 0 Å². The Morgan fingerprint density at radius 2 is 0.905 bits per heavy atom. The molecule has 21 heavy (non-hydrogen) atoms. The van der Waals surface area contributed by atoms with Crippen molar-refractivity contribution in [3.8, 4) is 0 Å². The van der Waals surface area contributed by atoms with Gasteiger partial charge in [0.25, 0.3) is 0 Å². The molecule has 0 aromatic carbocycles. The summed E-state index contributed by atoms with van der Waals surface area (Å²) in [5.41, 5.74) is 0. The van der Waals surface area contributed by atoms with E-state index in [4.69, 9.17) is 14.5 Å². The summed E-state index contributed by atoms with van der Waals surface area (Å²) in [5, 5.41) is 0. The van der Waals surface area contributed by atoms with Gasteiger partial charge in [-0.25, -0.2) is 9.78 Å². The molecule has 3 heteroatoms. The van der Waals surface area contributed by atoms with Gasteiger partial charge in [-0.1, -0.05) is 78.1 Å². The standard InChI is InChI=1S/C18H36O3/c1-3-5-7-9-11-13-15-17-19-18(21-20-17)16-14-12-10-8-6-4-2/h17-18H,3-16H2,1-2H3/t17-,18-/m1/s1. The molecule has 0 unspecified atom stereocenters. The summed E-state index contributed by atoms with van der Waals surface area (Å²) in [6, 6.07) is 0. The third-order valence-corrected chi connectivity index (χ3v) is 4.16. The highest BCUT2D eigenvalue weighted by atomic mass is 17.3. The third-order valence-electron chi connectivity index (χ3n) is 4.16. The Bertz CT molecular complexity index is 199. The third kappa shape index (κ3) is 10.3. The van der Waals surface area contributed by atoms with Gasteiger partial charge >= 0.3 is 0 Å². The molecule has 1 fully saturated rings. The fourth-order valence-corrected chi connectivity index (χ4v) is 2.75. The van der Waals surface area contributed by atoms with Crippen molar-refractivity contribution in [2.24, 2.45) is 0 Å². The Labute approximate surface area is 131 Å². The molecule has 3 nitrogen and oxygen atoms in total.